The molecule has 29 heavy (non-hydrogen) atoms. The summed E-state index contributed by atoms with van der Waals surface area (Å²) in [5.41, 5.74) is 2.41. The lowest BCUT2D eigenvalue weighted by atomic mass is 10.1. The number of hydrogen-bond donors (Lipinski definition) is 1. The molecule has 0 radical (unpaired) electrons. The number of Topliss-reactive ketones (excluding diaryl/α,β-unsaturated/α-hetero) is 1. The number of carbonyl (C=O) groups is 3. The summed E-state index contributed by atoms with van der Waals surface area (Å²) in [5.74, 6) is -1.27. The van der Waals surface area contributed by atoms with Crippen molar-refractivity contribution in [3.8, 4) is 5.75 Å². The van der Waals surface area contributed by atoms with Gasteiger partial charge in [0.05, 0.1) is 18.4 Å². The van der Waals surface area contributed by atoms with Crippen molar-refractivity contribution in [2.45, 2.75) is 6.54 Å². The predicted molar refractivity (Wildman–Crippen MR) is 106 cm³/mol. The zero-order valence-electron chi connectivity index (χ0n) is 15.7. The molecule has 146 valence electrons. The number of esters is 1. The van der Waals surface area contributed by atoms with Gasteiger partial charge in [0, 0.05) is 29.7 Å². The molecular weight excluding hydrogens is 372 g/mol. The molecule has 2 heterocycles. The number of cyclic esters (lactones) is 1. The van der Waals surface area contributed by atoms with Crippen LogP contribution in [0.25, 0.3) is 10.9 Å². The third kappa shape index (κ3) is 3.75. The number of nitrogens with one attached hydrogen (secondary N) is 1. The van der Waals surface area contributed by atoms with E-state index in [0.29, 0.717) is 17.5 Å². The molecule has 1 aliphatic heterocycles. The molecule has 2 aromatic carbocycles. The van der Waals surface area contributed by atoms with Gasteiger partial charge in [-0.25, -0.2) is 4.79 Å². The Morgan fingerprint density at radius 3 is 2.76 bits per heavy atom. The van der Waals surface area contributed by atoms with E-state index in [1.54, 1.807) is 19.4 Å². The standard InChI is InChI=1S/C22H18N2O5/c1-28-16-6-4-5-14(9-16)11-24-12-18(17-7-2-3-8-19(17)24)21(26)22(27)23-15-10-20(25)29-13-15/h2-10,12H,11,13H2,1H3,(H,23,27). The van der Waals surface area contributed by atoms with Crippen LogP contribution in [0.5, 0.6) is 5.75 Å². The predicted octanol–water partition coefficient (Wildman–Crippen LogP) is 2.44. The van der Waals surface area contributed by atoms with Gasteiger partial charge in [-0.05, 0) is 23.8 Å². The van der Waals surface area contributed by atoms with Gasteiger partial charge < -0.3 is 19.4 Å². The van der Waals surface area contributed by atoms with Gasteiger partial charge in [0.15, 0.2) is 0 Å². The van der Waals surface area contributed by atoms with E-state index in [4.69, 9.17) is 9.47 Å². The highest BCUT2D eigenvalue weighted by molar-refractivity contribution is 6.45. The monoisotopic (exact) mass is 390 g/mol. The normalized spacial score (nSPS) is 13.1. The lowest BCUT2D eigenvalue weighted by Crippen LogP contribution is -2.31. The van der Waals surface area contributed by atoms with Gasteiger partial charge in [-0.2, -0.15) is 0 Å². The highest BCUT2D eigenvalue weighted by Crippen LogP contribution is 2.24. The summed E-state index contributed by atoms with van der Waals surface area (Å²) < 4.78 is 11.9. The van der Waals surface area contributed by atoms with E-state index in [2.05, 4.69) is 5.32 Å². The van der Waals surface area contributed by atoms with Gasteiger partial charge in [0.2, 0.25) is 0 Å². The fraction of sp³-hybridized carbons (Fsp3) is 0.136. The van der Waals surface area contributed by atoms with Crippen molar-refractivity contribution >= 4 is 28.6 Å². The van der Waals surface area contributed by atoms with Crippen molar-refractivity contribution in [1.29, 1.82) is 0 Å². The number of nitrogens with zero attached hydrogens (tertiary/aromatic N) is 1. The summed E-state index contributed by atoms with van der Waals surface area (Å²) in [5, 5.41) is 3.13. The van der Waals surface area contributed by atoms with Crippen LogP contribution in [0.4, 0.5) is 0 Å². The van der Waals surface area contributed by atoms with Crippen LogP contribution < -0.4 is 10.1 Å². The van der Waals surface area contributed by atoms with E-state index < -0.39 is 17.7 Å². The van der Waals surface area contributed by atoms with Crippen LogP contribution in [-0.4, -0.2) is 35.9 Å². The first-order valence-electron chi connectivity index (χ1n) is 8.99. The van der Waals surface area contributed by atoms with Crippen LogP contribution in [0, 0.1) is 0 Å². The first-order chi connectivity index (χ1) is 14.0. The Morgan fingerprint density at radius 2 is 2.00 bits per heavy atom. The number of hydrogen-bond acceptors (Lipinski definition) is 5. The number of para-hydroxylation sites is 1. The van der Waals surface area contributed by atoms with E-state index in [1.807, 2.05) is 47.0 Å². The second kappa shape index (κ2) is 7.63. The maximum Gasteiger partial charge on any atom is 0.333 e. The van der Waals surface area contributed by atoms with Crippen LogP contribution in [0.3, 0.4) is 0 Å². The van der Waals surface area contributed by atoms with Crippen LogP contribution in [0.2, 0.25) is 0 Å². The number of aromatic nitrogens is 1. The van der Waals surface area contributed by atoms with E-state index in [9.17, 15) is 14.4 Å². The van der Waals surface area contributed by atoms with Crippen LogP contribution >= 0.6 is 0 Å². The quantitative estimate of drug-likeness (QED) is 0.397. The molecule has 0 aliphatic carbocycles. The summed E-state index contributed by atoms with van der Waals surface area (Å²) in [6, 6.07) is 15.1. The van der Waals surface area contributed by atoms with Crippen molar-refractivity contribution in [2.75, 3.05) is 13.7 Å². The van der Waals surface area contributed by atoms with Gasteiger partial charge in [-0.3, -0.25) is 9.59 Å². The maximum absolute atomic E-state index is 12.8. The number of ether oxygens (including phenoxy) is 2. The Balaban J connectivity index is 1.64. The molecule has 0 saturated heterocycles. The largest absolute Gasteiger partial charge is 0.497 e. The molecule has 0 saturated carbocycles. The van der Waals surface area contributed by atoms with Gasteiger partial charge in [0.25, 0.3) is 11.7 Å². The van der Waals surface area contributed by atoms with Crippen molar-refractivity contribution in [2.24, 2.45) is 0 Å². The first-order valence-corrected chi connectivity index (χ1v) is 8.99. The Morgan fingerprint density at radius 1 is 1.17 bits per heavy atom. The average Bonchev–Trinajstić information content (AvgIpc) is 3.31. The second-order valence-corrected chi connectivity index (χ2v) is 6.60. The molecule has 7 heteroatoms. The Bertz CT molecular complexity index is 1160. The molecule has 0 atom stereocenters. The molecule has 0 bridgehead atoms. The lowest BCUT2D eigenvalue weighted by Gasteiger charge is -2.07. The fourth-order valence-corrected chi connectivity index (χ4v) is 3.30. The summed E-state index contributed by atoms with van der Waals surface area (Å²) in [6.07, 6.45) is 2.84. The SMILES string of the molecule is COc1cccc(Cn2cc(C(=O)C(=O)NC3=CC(=O)OC3)c3ccccc32)c1. The molecular formula is C22H18N2O5. The van der Waals surface area contributed by atoms with E-state index in [1.165, 1.54) is 0 Å². The molecule has 7 nitrogen and oxygen atoms in total. The van der Waals surface area contributed by atoms with Gasteiger partial charge in [-0.15, -0.1) is 0 Å². The zero-order valence-corrected chi connectivity index (χ0v) is 15.7. The number of rotatable bonds is 6. The maximum atomic E-state index is 12.8. The van der Waals surface area contributed by atoms with E-state index in [0.717, 1.165) is 22.9 Å². The average molecular weight is 390 g/mol. The summed E-state index contributed by atoms with van der Waals surface area (Å²) in [6.45, 7) is 0.468. The summed E-state index contributed by atoms with van der Waals surface area (Å²) in [7, 11) is 1.61. The summed E-state index contributed by atoms with van der Waals surface area (Å²) >= 11 is 0. The highest BCUT2D eigenvalue weighted by atomic mass is 16.5. The van der Waals surface area contributed by atoms with Crippen molar-refractivity contribution in [3.63, 3.8) is 0 Å². The molecule has 1 aliphatic rings. The first kappa shape index (κ1) is 18.5. The molecule has 1 N–H and O–H groups in total. The minimum Gasteiger partial charge on any atom is -0.497 e. The number of amides is 1. The molecule has 0 spiro atoms. The zero-order chi connectivity index (χ0) is 20.4. The molecule has 0 unspecified atom stereocenters. The molecule has 4 rings (SSSR count). The summed E-state index contributed by atoms with van der Waals surface area (Å²) in [4.78, 5) is 36.3. The van der Waals surface area contributed by atoms with Crippen molar-refractivity contribution in [3.05, 3.63) is 77.6 Å². The van der Waals surface area contributed by atoms with Crippen LogP contribution in [-0.2, 0) is 20.9 Å². The molecule has 1 amide bonds. The molecule has 0 fully saturated rings. The van der Waals surface area contributed by atoms with Crippen LogP contribution in [0.15, 0.2) is 66.5 Å². The second-order valence-electron chi connectivity index (χ2n) is 6.60. The Kier molecular flexibility index (Phi) is 4.87. The molecule has 3 aromatic rings. The topological polar surface area (TPSA) is 86.6 Å². The van der Waals surface area contributed by atoms with E-state index >= 15 is 0 Å². The number of ketones is 1. The lowest BCUT2D eigenvalue weighted by molar-refractivity contribution is -0.135. The fourth-order valence-electron chi connectivity index (χ4n) is 3.30. The van der Waals surface area contributed by atoms with Crippen molar-refractivity contribution in [1.82, 2.24) is 9.88 Å². The number of carbonyl (C=O) groups excluding carboxylic acids is 3. The number of fused-ring (bicyclic) bond motifs is 1. The minimum absolute atomic E-state index is 0.0462. The third-order valence-electron chi connectivity index (χ3n) is 4.66. The van der Waals surface area contributed by atoms with Gasteiger partial charge in [0.1, 0.15) is 12.4 Å². The van der Waals surface area contributed by atoms with Crippen LogP contribution in [0.1, 0.15) is 15.9 Å². The Hall–Kier alpha value is -3.87. The van der Waals surface area contributed by atoms with Gasteiger partial charge in [-0.1, -0.05) is 30.3 Å². The number of methoxy groups -OCH3 is 1. The highest BCUT2D eigenvalue weighted by Gasteiger charge is 2.24. The van der Waals surface area contributed by atoms with Gasteiger partial charge >= 0.3 is 5.97 Å². The smallest absolute Gasteiger partial charge is 0.333 e. The third-order valence-corrected chi connectivity index (χ3v) is 4.66. The number of benzene rings is 2. The van der Waals surface area contributed by atoms with E-state index in [-0.39, 0.29) is 12.3 Å². The minimum atomic E-state index is -0.807. The van der Waals surface area contributed by atoms with Crippen molar-refractivity contribution < 1.29 is 23.9 Å². The Labute approximate surface area is 166 Å². The molecule has 1 aromatic heterocycles.